The predicted molar refractivity (Wildman–Crippen MR) is 157 cm³/mol. The molecule has 0 aliphatic carbocycles. The van der Waals surface area contributed by atoms with Crippen LogP contribution >= 0.6 is 15.9 Å². The second-order valence-corrected chi connectivity index (χ2v) is 10.0. The van der Waals surface area contributed by atoms with Crippen LogP contribution in [0.15, 0.2) is 120 Å². The van der Waals surface area contributed by atoms with Crippen LogP contribution in [-0.4, -0.2) is 48.3 Å². The molecule has 0 spiro atoms. The summed E-state index contributed by atoms with van der Waals surface area (Å²) >= 11 is 3.35. The molecule has 0 saturated carbocycles. The Hall–Kier alpha value is -4.56. The van der Waals surface area contributed by atoms with Gasteiger partial charge in [-0.25, -0.2) is 4.79 Å². The number of rotatable bonds is 11. The van der Waals surface area contributed by atoms with E-state index < -0.39 is 35.8 Å². The van der Waals surface area contributed by atoms with Crippen LogP contribution in [0.2, 0.25) is 0 Å². The van der Waals surface area contributed by atoms with Gasteiger partial charge >= 0.3 is 11.9 Å². The zero-order chi connectivity index (χ0) is 29.2. The molecule has 0 unspecified atom stereocenters. The Kier molecular flexibility index (Phi) is 9.81. The Labute approximate surface area is 246 Å². The number of benzene rings is 4. The van der Waals surface area contributed by atoms with Gasteiger partial charge in [0, 0.05) is 22.5 Å². The third-order valence-corrected chi connectivity index (χ3v) is 7.00. The highest BCUT2D eigenvalue weighted by Gasteiger charge is 2.51. The molecular formula is C33H28BrNO6. The van der Waals surface area contributed by atoms with Gasteiger partial charge in [-0.2, -0.15) is 0 Å². The molecule has 0 bridgehead atoms. The molecule has 0 saturated heterocycles. The summed E-state index contributed by atoms with van der Waals surface area (Å²) in [5, 5.41) is 0. The number of halogens is 1. The summed E-state index contributed by atoms with van der Waals surface area (Å²) in [6, 6.07) is 32.7. The zero-order valence-electron chi connectivity index (χ0n) is 22.4. The van der Waals surface area contributed by atoms with Gasteiger partial charge in [-0.1, -0.05) is 107 Å². The Morgan fingerprint density at radius 1 is 0.683 bits per heavy atom. The van der Waals surface area contributed by atoms with Crippen molar-refractivity contribution in [3.63, 3.8) is 0 Å². The number of hydrogen-bond acceptors (Lipinski definition) is 6. The largest absolute Gasteiger partial charge is 0.464 e. The van der Waals surface area contributed by atoms with Crippen LogP contribution in [0.1, 0.15) is 38.8 Å². The summed E-state index contributed by atoms with van der Waals surface area (Å²) in [6.07, 6.45) is 0. The van der Waals surface area contributed by atoms with Crippen molar-refractivity contribution in [2.45, 2.75) is 12.5 Å². The molecule has 1 amide bonds. The van der Waals surface area contributed by atoms with Crippen molar-refractivity contribution < 1.29 is 28.7 Å². The molecule has 4 rings (SSSR count). The number of ether oxygens (including phenoxy) is 2. The van der Waals surface area contributed by atoms with E-state index in [1.54, 1.807) is 115 Å². The number of carbonyl (C=O) groups is 4. The summed E-state index contributed by atoms with van der Waals surface area (Å²) in [6.45, 7) is 0.430. The van der Waals surface area contributed by atoms with Crippen molar-refractivity contribution in [3.8, 4) is 0 Å². The molecule has 41 heavy (non-hydrogen) atoms. The minimum absolute atomic E-state index is 0.132. The predicted octanol–water partition coefficient (Wildman–Crippen LogP) is 5.82. The first-order valence-electron chi connectivity index (χ1n) is 12.9. The minimum Gasteiger partial charge on any atom is -0.464 e. The second kappa shape index (κ2) is 13.7. The molecule has 0 aromatic heterocycles. The lowest BCUT2D eigenvalue weighted by Gasteiger charge is -2.42. The molecule has 208 valence electrons. The molecule has 0 atom stereocenters. The van der Waals surface area contributed by atoms with E-state index in [0.717, 1.165) is 4.47 Å². The van der Waals surface area contributed by atoms with Crippen LogP contribution in [0, 0.1) is 0 Å². The van der Waals surface area contributed by atoms with Crippen LogP contribution in [0.4, 0.5) is 0 Å². The van der Waals surface area contributed by atoms with E-state index in [4.69, 9.17) is 9.47 Å². The maximum absolute atomic E-state index is 14.4. The highest BCUT2D eigenvalue weighted by atomic mass is 79.9. The number of Topliss-reactive ketones (excluding diaryl/α,β-unsaturated/α-hetero) is 1. The van der Waals surface area contributed by atoms with E-state index in [0.29, 0.717) is 22.3 Å². The van der Waals surface area contributed by atoms with Gasteiger partial charge in [0.15, 0.2) is 17.9 Å². The molecule has 0 heterocycles. The average Bonchev–Trinajstić information content (AvgIpc) is 3.00. The van der Waals surface area contributed by atoms with Gasteiger partial charge in [-0.15, -0.1) is 0 Å². The highest BCUT2D eigenvalue weighted by molar-refractivity contribution is 9.10. The lowest BCUT2D eigenvalue weighted by atomic mass is 9.80. The summed E-state index contributed by atoms with van der Waals surface area (Å²) in [7, 11) is 0. The first kappa shape index (κ1) is 29.4. The minimum atomic E-state index is -1.82. The third-order valence-electron chi connectivity index (χ3n) is 6.47. The van der Waals surface area contributed by atoms with Crippen molar-refractivity contribution in [2.24, 2.45) is 0 Å². The van der Waals surface area contributed by atoms with Gasteiger partial charge < -0.3 is 14.4 Å². The Morgan fingerprint density at radius 2 is 1.20 bits per heavy atom. The van der Waals surface area contributed by atoms with Crippen molar-refractivity contribution in [1.82, 2.24) is 4.90 Å². The van der Waals surface area contributed by atoms with Gasteiger partial charge in [0.05, 0.1) is 6.54 Å². The van der Waals surface area contributed by atoms with Crippen LogP contribution in [0.5, 0.6) is 0 Å². The molecule has 0 aliphatic rings. The van der Waals surface area contributed by atoms with Gasteiger partial charge in [-0.05, 0) is 35.4 Å². The van der Waals surface area contributed by atoms with E-state index in [-0.39, 0.29) is 13.2 Å². The SMILES string of the molecule is CC(=O)OCCN(C(=O)c1ccccc1)C(C(=O)OCC(=O)c1ccc(Br)cc1)(c1ccccc1)c1ccccc1. The molecule has 0 aliphatic heterocycles. The fourth-order valence-corrected chi connectivity index (χ4v) is 4.84. The summed E-state index contributed by atoms with van der Waals surface area (Å²) in [4.78, 5) is 54.7. The number of esters is 2. The average molecular weight is 614 g/mol. The van der Waals surface area contributed by atoms with Crippen molar-refractivity contribution in [2.75, 3.05) is 19.8 Å². The molecule has 8 heteroatoms. The van der Waals surface area contributed by atoms with Crippen molar-refractivity contribution in [3.05, 3.63) is 142 Å². The third kappa shape index (κ3) is 6.78. The van der Waals surface area contributed by atoms with Crippen molar-refractivity contribution >= 4 is 39.6 Å². The molecule has 4 aromatic rings. The fraction of sp³-hybridized carbons (Fsp3) is 0.152. The number of hydrogen-bond donors (Lipinski definition) is 0. The number of carbonyl (C=O) groups excluding carboxylic acids is 4. The quantitative estimate of drug-likeness (QED) is 0.156. The number of nitrogens with zero attached hydrogens (tertiary/aromatic N) is 1. The Morgan fingerprint density at radius 3 is 1.71 bits per heavy atom. The summed E-state index contributed by atoms with van der Waals surface area (Å²) in [5.41, 5.74) is -0.238. The first-order valence-corrected chi connectivity index (χ1v) is 13.7. The number of amides is 1. The smallest absolute Gasteiger partial charge is 0.342 e. The zero-order valence-corrected chi connectivity index (χ0v) is 24.0. The Balaban J connectivity index is 1.86. The monoisotopic (exact) mass is 613 g/mol. The number of ketones is 1. The van der Waals surface area contributed by atoms with Gasteiger partial charge in [0.1, 0.15) is 6.61 Å². The maximum Gasteiger partial charge on any atom is 0.342 e. The van der Waals surface area contributed by atoms with Crippen molar-refractivity contribution in [1.29, 1.82) is 0 Å². The van der Waals surface area contributed by atoms with E-state index in [2.05, 4.69) is 15.9 Å². The fourth-order valence-electron chi connectivity index (χ4n) is 4.58. The van der Waals surface area contributed by atoms with Gasteiger partial charge in [0.2, 0.25) is 0 Å². The normalized spacial score (nSPS) is 10.9. The van der Waals surface area contributed by atoms with Crippen LogP contribution in [-0.2, 0) is 24.6 Å². The first-order chi connectivity index (χ1) is 19.8. The Bertz CT molecular complexity index is 1450. The molecule has 0 radical (unpaired) electrons. The molecule has 0 fully saturated rings. The molecule has 0 N–H and O–H groups in total. The van der Waals surface area contributed by atoms with E-state index in [1.807, 2.05) is 0 Å². The molecule has 4 aromatic carbocycles. The maximum atomic E-state index is 14.4. The summed E-state index contributed by atoms with van der Waals surface area (Å²) in [5.74, 6) is -2.24. The van der Waals surface area contributed by atoms with E-state index in [1.165, 1.54) is 11.8 Å². The molecule has 7 nitrogen and oxygen atoms in total. The van der Waals surface area contributed by atoms with E-state index in [9.17, 15) is 19.2 Å². The van der Waals surface area contributed by atoms with Crippen LogP contribution in [0.25, 0.3) is 0 Å². The lowest BCUT2D eigenvalue weighted by Crippen LogP contribution is -2.57. The van der Waals surface area contributed by atoms with Crippen LogP contribution < -0.4 is 0 Å². The standard InChI is InChI=1S/C33H28BrNO6/c1-24(36)40-22-21-35(31(38)26-11-5-2-6-12-26)33(27-13-7-3-8-14-27,28-15-9-4-10-16-28)32(39)41-23-30(37)25-17-19-29(34)20-18-25/h2-20H,21-23H2,1H3. The van der Waals surface area contributed by atoms with E-state index >= 15 is 0 Å². The van der Waals surface area contributed by atoms with Gasteiger partial charge in [-0.3, -0.25) is 14.4 Å². The highest BCUT2D eigenvalue weighted by Crippen LogP contribution is 2.39. The second-order valence-electron chi connectivity index (χ2n) is 9.11. The van der Waals surface area contributed by atoms with Crippen LogP contribution in [0.3, 0.4) is 0 Å². The summed E-state index contributed by atoms with van der Waals surface area (Å²) < 4.78 is 11.8. The van der Waals surface area contributed by atoms with Gasteiger partial charge in [0.25, 0.3) is 5.91 Å². The molecular weight excluding hydrogens is 586 g/mol. The lowest BCUT2D eigenvalue weighted by molar-refractivity contribution is -0.154. The topological polar surface area (TPSA) is 90.0 Å².